The Kier molecular flexibility index (Phi) is 6.16. The van der Waals surface area contributed by atoms with E-state index in [1.807, 2.05) is 55.4 Å². The summed E-state index contributed by atoms with van der Waals surface area (Å²) in [5.74, 6) is -0.0888. The van der Waals surface area contributed by atoms with Crippen LogP contribution in [-0.4, -0.2) is 34.8 Å². The number of carbonyl (C=O) groups is 1. The Balaban J connectivity index is 1.56. The van der Waals surface area contributed by atoms with Gasteiger partial charge in [-0.25, -0.2) is 4.68 Å². The Morgan fingerprint density at radius 2 is 1.89 bits per heavy atom. The second-order valence-corrected chi connectivity index (χ2v) is 6.61. The number of aromatic nitrogens is 3. The monoisotopic (exact) mass is 377 g/mol. The number of carbonyl (C=O) groups excluding carboxylic acids is 1. The molecule has 28 heavy (non-hydrogen) atoms. The van der Waals surface area contributed by atoms with Gasteiger partial charge in [0, 0.05) is 62.5 Å². The van der Waals surface area contributed by atoms with Gasteiger partial charge in [0.2, 0.25) is 5.91 Å². The number of benzene rings is 1. The molecule has 7 heteroatoms. The number of amides is 1. The van der Waals surface area contributed by atoms with E-state index in [1.165, 1.54) is 10.7 Å². The van der Waals surface area contributed by atoms with Gasteiger partial charge in [-0.15, -0.1) is 0 Å². The zero-order valence-corrected chi connectivity index (χ0v) is 16.0. The van der Waals surface area contributed by atoms with Crippen LogP contribution in [0.25, 0.3) is 11.3 Å². The predicted octanol–water partition coefficient (Wildman–Crippen LogP) is 2.79. The molecule has 0 aliphatic rings. The molecule has 2 heterocycles. The van der Waals surface area contributed by atoms with Crippen LogP contribution in [0.2, 0.25) is 0 Å². The van der Waals surface area contributed by atoms with Crippen molar-refractivity contribution in [3.05, 3.63) is 71.3 Å². The van der Waals surface area contributed by atoms with Crippen LogP contribution < -0.4 is 15.8 Å². The molecule has 0 saturated carbocycles. The molecule has 0 unspecified atom stereocenters. The van der Waals surface area contributed by atoms with E-state index in [1.54, 1.807) is 18.5 Å². The first-order chi connectivity index (χ1) is 13.5. The summed E-state index contributed by atoms with van der Waals surface area (Å²) in [6.45, 7) is 0.375. The van der Waals surface area contributed by atoms with Crippen molar-refractivity contribution in [1.29, 1.82) is 0 Å². The van der Waals surface area contributed by atoms with Gasteiger partial charge in [-0.05, 0) is 48.9 Å². The van der Waals surface area contributed by atoms with Crippen LogP contribution in [0.4, 0.5) is 11.4 Å². The molecule has 0 fully saturated rings. The lowest BCUT2D eigenvalue weighted by Gasteiger charge is -2.13. The number of nitrogens with one attached hydrogen (secondary N) is 1. The summed E-state index contributed by atoms with van der Waals surface area (Å²) < 4.78 is 1.39. The Labute approximate surface area is 163 Å². The fourth-order valence-corrected chi connectivity index (χ4v) is 2.73. The summed E-state index contributed by atoms with van der Waals surface area (Å²) in [4.78, 5) is 30.3. The number of hydrogen-bond acceptors (Lipinski definition) is 5. The summed E-state index contributed by atoms with van der Waals surface area (Å²) in [6, 6.07) is 14.5. The predicted molar refractivity (Wildman–Crippen MR) is 110 cm³/mol. The number of nitrogens with zero attached hydrogens (tertiary/aromatic N) is 4. The quantitative estimate of drug-likeness (QED) is 0.685. The maximum absolute atomic E-state index is 12.2. The highest BCUT2D eigenvalue weighted by atomic mass is 16.1. The SMILES string of the molecule is CN(C)c1ccc(NC(=O)CCCn2nc(-c3cccnc3)ccc2=O)cc1. The topological polar surface area (TPSA) is 80.1 Å². The number of anilines is 2. The first kappa shape index (κ1) is 19.3. The van der Waals surface area contributed by atoms with E-state index in [2.05, 4.69) is 15.4 Å². The van der Waals surface area contributed by atoms with Crippen molar-refractivity contribution < 1.29 is 4.79 Å². The molecule has 1 N–H and O–H groups in total. The van der Waals surface area contributed by atoms with Crippen molar-refractivity contribution in [2.24, 2.45) is 0 Å². The normalized spacial score (nSPS) is 10.5. The van der Waals surface area contributed by atoms with E-state index in [0.717, 1.165) is 16.9 Å². The summed E-state index contributed by atoms with van der Waals surface area (Å²) in [5, 5.41) is 7.25. The third-order valence-electron chi connectivity index (χ3n) is 4.27. The zero-order valence-electron chi connectivity index (χ0n) is 16.0. The second-order valence-electron chi connectivity index (χ2n) is 6.61. The summed E-state index contributed by atoms with van der Waals surface area (Å²) in [5.41, 5.74) is 3.15. The molecule has 0 spiro atoms. The highest BCUT2D eigenvalue weighted by molar-refractivity contribution is 5.90. The minimum Gasteiger partial charge on any atom is -0.378 e. The van der Waals surface area contributed by atoms with Crippen molar-refractivity contribution in [1.82, 2.24) is 14.8 Å². The van der Waals surface area contributed by atoms with Gasteiger partial charge < -0.3 is 10.2 Å². The van der Waals surface area contributed by atoms with Gasteiger partial charge >= 0.3 is 0 Å². The molecule has 2 aromatic heterocycles. The van der Waals surface area contributed by atoms with E-state index in [9.17, 15) is 9.59 Å². The molecule has 0 radical (unpaired) electrons. The van der Waals surface area contributed by atoms with Crippen molar-refractivity contribution in [2.75, 3.05) is 24.3 Å². The third kappa shape index (κ3) is 5.03. The van der Waals surface area contributed by atoms with E-state index in [4.69, 9.17) is 0 Å². The first-order valence-electron chi connectivity index (χ1n) is 9.09. The maximum atomic E-state index is 12.2. The van der Waals surface area contributed by atoms with Crippen LogP contribution in [0.5, 0.6) is 0 Å². The lowest BCUT2D eigenvalue weighted by molar-refractivity contribution is -0.116. The van der Waals surface area contributed by atoms with Crippen LogP contribution in [0.3, 0.4) is 0 Å². The smallest absolute Gasteiger partial charge is 0.266 e. The number of rotatable bonds is 7. The van der Waals surface area contributed by atoms with Crippen LogP contribution in [0.15, 0.2) is 65.7 Å². The van der Waals surface area contributed by atoms with Crippen LogP contribution >= 0.6 is 0 Å². The summed E-state index contributed by atoms with van der Waals surface area (Å²) in [7, 11) is 3.93. The average Bonchev–Trinajstić information content (AvgIpc) is 2.70. The third-order valence-corrected chi connectivity index (χ3v) is 4.27. The maximum Gasteiger partial charge on any atom is 0.266 e. The van der Waals surface area contributed by atoms with Crippen LogP contribution in [0.1, 0.15) is 12.8 Å². The fourth-order valence-electron chi connectivity index (χ4n) is 2.73. The molecule has 0 saturated heterocycles. The fraction of sp³-hybridized carbons (Fsp3) is 0.238. The van der Waals surface area contributed by atoms with Crippen LogP contribution in [0, 0.1) is 0 Å². The molecule has 3 rings (SSSR count). The Morgan fingerprint density at radius 1 is 1.11 bits per heavy atom. The highest BCUT2D eigenvalue weighted by Crippen LogP contribution is 2.16. The van der Waals surface area contributed by atoms with Gasteiger partial charge in [-0.2, -0.15) is 5.10 Å². The minimum atomic E-state index is -0.188. The molecular formula is C21H23N5O2. The molecule has 0 bridgehead atoms. The highest BCUT2D eigenvalue weighted by Gasteiger charge is 2.06. The number of pyridine rings is 1. The number of hydrogen-bond donors (Lipinski definition) is 1. The second kappa shape index (κ2) is 8.94. The Bertz CT molecular complexity index is 982. The Hall–Kier alpha value is -3.48. The van der Waals surface area contributed by atoms with Gasteiger partial charge in [-0.3, -0.25) is 14.6 Å². The summed E-state index contributed by atoms with van der Waals surface area (Å²) >= 11 is 0. The molecule has 3 aromatic rings. The largest absolute Gasteiger partial charge is 0.378 e. The number of aryl methyl sites for hydroxylation is 1. The minimum absolute atomic E-state index is 0.0888. The Morgan fingerprint density at radius 3 is 2.57 bits per heavy atom. The molecule has 1 amide bonds. The van der Waals surface area contributed by atoms with E-state index < -0.39 is 0 Å². The van der Waals surface area contributed by atoms with E-state index in [0.29, 0.717) is 25.1 Å². The lowest BCUT2D eigenvalue weighted by Crippen LogP contribution is -2.23. The van der Waals surface area contributed by atoms with Gasteiger partial charge in [0.25, 0.3) is 5.56 Å². The molecule has 0 atom stereocenters. The van der Waals surface area contributed by atoms with Gasteiger partial charge in [0.05, 0.1) is 5.69 Å². The molecule has 144 valence electrons. The zero-order chi connectivity index (χ0) is 19.9. The molecule has 1 aromatic carbocycles. The van der Waals surface area contributed by atoms with Crippen LogP contribution in [-0.2, 0) is 11.3 Å². The van der Waals surface area contributed by atoms with Crippen molar-refractivity contribution in [2.45, 2.75) is 19.4 Å². The first-order valence-corrected chi connectivity index (χ1v) is 9.09. The van der Waals surface area contributed by atoms with E-state index in [-0.39, 0.29) is 11.5 Å². The van der Waals surface area contributed by atoms with Gasteiger partial charge in [0.15, 0.2) is 0 Å². The van der Waals surface area contributed by atoms with Crippen molar-refractivity contribution in [3.8, 4) is 11.3 Å². The van der Waals surface area contributed by atoms with E-state index >= 15 is 0 Å². The van der Waals surface area contributed by atoms with Crippen molar-refractivity contribution >= 4 is 17.3 Å². The standard InChI is InChI=1S/C21H23N5O2/c1-25(2)18-9-7-17(8-10-18)23-20(27)6-4-14-26-21(28)12-11-19(24-26)16-5-3-13-22-15-16/h3,5,7-13,15H,4,6,14H2,1-2H3,(H,23,27). The average molecular weight is 377 g/mol. The lowest BCUT2D eigenvalue weighted by atomic mass is 10.2. The summed E-state index contributed by atoms with van der Waals surface area (Å²) in [6.07, 6.45) is 4.21. The molecule has 0 aliphatic heterocycles. The van der Waals surface area contributed by atoms with Gasteiger partial charge in [0.1, 0.15) is 0 Å². The molecule has 7 nitrogen and oxygen atoms in total. The molecule has 0 aliphatic carbocycles. The van der Waals surface area contributed by atoms with Gasteiger partial charge in [-0.1, -0.05) is 0 Å². The van der Waals surface area contributed by atoms with Crippen molar-refractivity contribution in [3.63, 3.8) is 0 Å². The molecular weight excluding hydrogens is 354 g/mol.